The molecule has 1 aliphatic heterocycles. The quantitative estimate of drug-likeness (QED) is 0.497. The number of halogens is 2. The smallest absolute Gasteiger partial charge is 0.258 e. The number of nitrogens with zero attached hydrogens (tertiary/aromatic N) is 1. The summed E-state index contributed by atoms with van der Waals surface area (Å²) < 4.78 is 38.5. The highest BCUT2D eigenvalue weighted by atomic mass is 79.9. The van der Waals surface area contributed by atoms with Crippen molar-refractivity contribution in [2.45, 2.75) is 24.2 Å². The summed E-state index contributed by atoms with van der Waals surface area (Å²) in [5, 5.41) is 3.27. The molecule has 1 amide bonds. The lowest BCUT2D eigenvalue weighted by Gasteiger charge is -2.25. The van der Waals surface area contributed by atoms with E-state index in [0.717, 1.165) is 19.3 Å². The fourth-order valence-electron chi connectivity index (χ4n) is 3.11. The molecule has 1 N–H and O–H groups in total. The number of carbonyl (C=O) groups excluding carboxylic acids is 1. The lowest BCUT2D eigenvalue weighted by atomic mass is 10.2. The lowest BCUT2D eigenvalue weighted by Crippen LogP contribution is -2.35. The van der Waals surface area contributed by atoms with Crippen LogP contribution in [0.3, 0.4) is 0 Å². The van der Waals surface area contributed by atoms with Gasteiger partial charge in [0.05, 0.1) is 15.9 Å². The Hall–Kier alpha value is -1.81. The Morgan fingerprint density at radius 3 is 2.45 bits per heavy atom. The summed E-state index contributed by atoms with van der Waals surface area (Å²) in [7, 11) is -3.45. The van der Waals surface area contributed by atoms with Crippen LogP contribution in [0.25, 0.3) is 0 Å². The Morgan fingerprint density at radius 2 is 1.77 bits per heavy atom. The average Bonchev–Trinajstić information content (AvgIpc) is 2.77. The van der Waals surface area contributed by atoms with Gasteiger partial charge in [-0.1, -0.05) is 18.0 Å². The number of nitrogens with one attached hydrogen (secondary N) is 1. The molecule has 0 spiro atoms. The maximum atomic E-state index is 12.7. The first kappa shape index (κ1) is 23.8. The summed E-state index contributed by atoms with van der Waals surface area (Å²) in [5.41, 5.74) is 0. The molecule has 0 aromatic heterocycles. The minimum Gasteiger partial charge on any atom is -0.492 e. The number of carbonyl (C=O) groups is 1. The molecule has 0 unspecified atom stereocenters. The van der Waals surface area contributed by atoms with Crippen LogP contribution in [0.15, 0.2) is 51.8 Å². The number of benzene rings is 2. The molecule has 0 saturated carbocycles. The molecular weight excluding hydrogens is 508 g/mol. The van der Waals surface area contributed by atoms with Crippen LogP contribution in [0.5, 0.6) is 11.5 Å². The van der Waals surface area contributed by atoms with Crippen molar-refractivity contribution >= 4 is 43.5 Å². The summed E-state index contributed by atoms with van der Waals surface area (Å²) in [6.07, 6.45) is 2.86. The Morgan fingerprint density at radius 1 is 1.06 bits per heavy atom. The van der Waals surface area contributed by atoms with Crippen LogP contribution in [-0.2, 0) is 14.8 Å². The van der Waals surface area contributed by atoms with Crippen LogP contribution in [-0.4, -0.2) is 51.5 Å². The summed E-state index contributed by atoms with van der Waals surface area (Å²) in [4.78, 5) is 12.2. The molecule has 0 radical (unpaired) electrons. The predicted molar refractivity (Wildman–Crippen MR) is 122 cm³/mol. The summed E-state index contributed by atoms with van der Waals surface area (Å²) in [5.74, 6) is 0.775. The first-order valence-corrected chi connectivity index (χ1v) is 12.5. The van der Waals surface area contributed by atoms with E-state index >= 15 is 0 Å². The van der Waals surface area contributed by atoms with Gasteiger partial charge in [-0.2, -0.15) is 4.31 Å². The van der Waals surface area contributed by atoms with Gasteiger partial charge in [0.15, 0.2) is 6.61 Å². The van der Waals surface area contributed by atoms with Crippen LogP contribution in [0.2, 0.25) is 5.02 Å². The van der Waals surface area contributed by atoms with E-state index in [4.69, 9.17) is 21.1 Å². The maximum absolute atomic E-state index is 12.7. The van der Waals surface area contributed by atoms with E-state index in [-0.39, 0.29) is 30.6 Å². The van der Waals surface area contributed by atoms with E-state index in [2.05, 4.69) is 21.2 Å². The van der Waals surface area contributed by atoms with Crippen molar-refractivity contribution in [1.29, 1.82) is 0 Å². The van der Waals surface area contributed by atoms with Crippen LogP contribution < -0.4 is 14.8 Å². The number of hydrogen-bond donors (Lipinski definition) is 1. The van der Waals surface area contributed by atoms with Gasteiger partial charge in [0.2, 0.25) is 10.0 Å². The van der Waals surface area contributed by atoms with Gasteiger partial charge in [-0.3, -0.25) is 4.79 Å². The number of ether oxygens (including phenoxy) is 2. The molecule has 0 aliphatic carbocycles. The molecule has 3 rings (SSSR count). The van der Waals surface area contributed by atoms with Gasteiger partial charge < -0.3 is 14.8 Å². The Bertz CT molecular complexity index is 995. The number of piperidine rings is 1. The Labute approximate surface area is 195 Å². The fourth-order valence-corrected chi connectivity index (χ4v) is 5.42. The normalized spacial score (nSPS) is 14.8. The third kappa shape index (κ3) is 6.83. The highest BCUT2D eigenvalue weighted by Crippen LogP contribution is 2.28. The van der Waals surface area contributed by atoms with Gasteiger partial charge in [-0.05, 0) is 71.2 Å². The second-order valence-electron chi connectivity index (χ2n) is 7.00. The van der Waals surface area contributed by atoms with Gasteiger partial charge >= 0.3 is 0 Å². The third-order valence-electron chi connectivity index (χ3n) is 4.72. The first-order chi connectivity index (χ1) is 14.9. The molecule has 168 valence electrons. The highest BCUT2D eigenvalue weighted by molar-refractivity contribution is 9.10. The van der Waals surface area contributed by atoms with E-state index < -0.39 is 10.0 Å². The van der Waals surface area contributed by atoms with Gasteiger partial charge in [0.1, 0.15) is 18.1 Å². The van der Waals surface area contributed by atoms with E-state index in [1.807, 2.05) is 0 Å². The zero-order chi connectivity index (χ0) is 22.3. The second-order valence-corrected chi connectivity index (χ2v) is 10.2. The fraction of sp³-hybridized carbons (Fsp3) is 0.381. The van der Waals surface area contributed by atoms with E-state index in [1.165, 1.54) is 4.31 Å². The molecule has 10 heteroatoms. The van der Waals surface area contributed by atoms with E-state index in [1.54, 1.807) is 42.5 Å². The highest BCUT2D eigenvalue weighted by Gasteiger charge is 2.25. The van der Waals surface area contributed by atoms with Crippen molar-refractivity contribution in [1.82, 2.24) is 9.62 Å². The summed E-state index contributed by atoms with van der Waals surface area (Å²) >= 11 is 9.20. The SMILES string of the molecule is O=C(COc1ccc(Cl)cc1Br)NCCOc1ccc(S(=O)(=O)N2CCCCC2)cc1. The minimum absolute atomic E-state index is 0.136. The van der Waals surface area contributed by atoms with Gasteiger partial charge in [-0.15, -0.1) is 0 Å². The van der Waals surface area contributed by atoms with Crippen LogP contribution in [0.1, 0.15) is 19.3 Å². The van der Waals surface area contributed by atoms with Crippen LogP contribution in [0, 0.1) is 0 Å². The maximum Gasteiger partial charge on any atom is 0.258 e. The van der Waals surface area contributed by atoms with Crippen molar-refractivity contribution < 1.29 is 22.7 Å². The Kier molecular flexibility index (Phi) is 8.59. The molecule has 7 nitrogen and oxygen atoms in total. The van der Waals surface area contributed by atoms with Crippen molar-refractivity contribution in [3.05, 3.63) is 52.0 Å². The van der Waals surface area contributed by atoms with E-state index in [9.17, 15) is 13.2 Å². The first-order valence-electron chi connectivity index (χ1n) is 9.94. The van der Waals surface area contributed by atoms with Gasteiger partial charge in [-0.25, -0.2) is 8.42 Å². The molecule has 1 aliphatic rings. The topological polar surface area (TPSA) is 84.9 Å². The molecule has 1 heterocycles. The minimum atomic E-state index is -3.45. The molecule has 0 atom stereocenters. The van der Waals surface area contributed by atoms with Crippen molar-refractivity contribution in [3.8, 4) is 11.5 Å². The van der Waals surface area contributed by atoms with Gasteiger partial charge in [0.25, 0.3) is 5.91 Å². The lowest BCUT2D eigenvalue weighted by molar-refractivity contribution is -0.123. The van der Waals surface area contributed by atoms with Crippen molar-refractivity contribution in [2.75, 3.05) is 32.8 Å². The largest absolute Gasteiger partial charge is 0.492 e. The van der Waals surface area contributed by atoms with Crippen LogP contribution >= 0.6 is 27.5 Å². The average molecular weight is 532 g/mol. The summed E-state index contributed by atoms with van der Waals surface area (Å²) in [6.45, 7) is 1.54. The molecular formula is C21H24BrClN2O5S. The number of hydrogen-bond acceptors (Lipinski definition) is 5. The summed E-state index contributed by atoms with van der Waals surface area (Å²) in [6, 6.07) is 11.4. The van der Waals surface area contributed by atoms with Crippen molar-refractivity contribution in [3.63, 3.8) is 0 Å². The third-order valence-corrected chi connectivity index (χ3v) is 7.49. The standard InChI is InChI=1S/C21H24BrClN2O5S/c22-19-14-16(23)4-9-20(19)30-15-21(26)24-10-13-29-17-5-7-18(8-6-17)31(27,28)25-11-2-1-3-12-25/h4-9,14H,1-3,10-13,15H2,(H,24,26). The van der Waals surface area contributed by atoms with E-state index in [0.29, 0.717) is 34.1 Å². The molecule has 2 aromatic rings. The van der Waals surface area contributed by atoms with Crippen LogP contribution in [0.4, 0.5) is 0 Å². The zero-order valence-corrected chi connectivity index (χ0v) is 20.0. The van der Waals surface area contributed by atoms with Gasteiger partial charge in [0, 0.05) is 18.1 Å². The monoisotopic (exact) mass is 530 g/mol. The second kappa shape index (κ2) is 11.2. The molecule has 1 fully saturated rings. The number of sulfonamides is 1. The predicted octanol–water partition coefficient (Wildman–Crippen LogP) is 3.85. The molecule has 2 aromatic carbocycles. The van der Waals surface area contributed by atoms with Crippen molar-refractivity contribution in [2.24, 2.45) is 0 Å². The molecule has 31 heavy (non-hydrogen) atoms. The number of amides is 1. The molecule has 0 bridgehead atoms. The zero-order valence-electron chi connectivity index (χ0n) is 16.9. The Balaban J connectivity index is 1.40. The number of rotatable bonds is 9. The molecule has 1 saturated heterocycles.